The Morgan fingerprint density at radius 2 is 1.92 bits per heavy atom. The summed E-state index contributed by atoms with van der Waals surface area (Å²) >= 11 is 1.13. The topological polar surface area (TPSA) is 126 Å². The molecule has 0 spiro atoms. The summed E-state index contributed by atoms with van der Waals surface area (Å²) in [4.78, 5) is 31.9. The average molecular weight is 564 g/mol. The van der Waals surface area contributed by atoms with Gasteiger partial charge >= 0.3 is 0 Å². The molecule has 38 heavy (non-hydrogen) atoms. The van der Waals surface area contributed by atoms with E-state index in [1.165, 1.54) is 31.1 Å². The number of hydrogen-bond donors (Lipinski definition) is 2. The minimum atomic E-state index is -3.78. The maximum Gasteiger partial charge on any atom is 0.284 e. The number of hydrogen-bond acceptors (Lipinski definition) is 8. The van der Waals surface area contributed by atoms with Crippen LogP contribution in [0.3, 0.4) is 0 Å². The molecule has 0 unspecified atom stereocenters. The minimum absolute atomic E-state index is 0.0538. The molecule has 2 amide bonds. The molecule has 0 aliphatic heterocycles. The number of nitrogens with zero attached hydrogens (tertiary/aromatic N) is 2. The quantitative estimate of drug-likeness (QED) is 0.346. The molecule has 0 aliphatic rings. The van der Waals surface area contributed by atoms with Gasteiger partial charge in [0.05, 0.1) is 19.4 Å². The largest absolute Gasteiger partial charge is 0.497 e. The Kier molecular flexibility index (Phi) is 9.95. The highest BCUT2D eigenvalue weighted by molar-refractivity contribution is 7.90. The number of thiazole rings is 1. The van der Waals surface area contributed by atoms with Gasteiger partial charge in [-0.2, -0.15) is 0 Å². The van der Waals surface area contributed by atoms with Gasteiger partial charge in [-0.15, -0.1) is 11.3 Å². The number of amides is 2. The van der Waals surface area contributed by atoms with Crippen molar-refractivity contribution in [3.05, 3.63) is 81.1 Å². The molecule has 2 aromatic carbocycles. The van der Waals surface area contributed by atoms with Crippen molar-refractivity contribution in [1.82, 2.24) is 14.6 Å². The summed E-state index contributed by atoms with van der Waals surface area (Å²) in [5.41, 5.74) is 0.826. The second-order valence-corrected chi connectivity index (χ2v) is 11.8. The number of nitrogens with one attached hydrogen (secondary N) is 1. The summed E-state index contributed by atoms with van der Waals surface area (Å²) in [6, 6.07) is 13.5. The van der Waals surface area contributed by atoms with E-state index in [1.807, 2.05) is 35.1 Å². The Hall–Kier alpha value is -3.35. The highest BCUT2D eigenvalue weighted by Crippen LogP contribution is 2.26. The van der Waals surface area contributed by atoms with Crippen molar-refractivity contribution in [1.29, 1.82) is 0 Å². The second kappa shape index (κ2) is 12.9. The number of rotatable bonds is 12. The van der Waals surface area contributed by atoms with E-state index in [1.54, 1.807) is 6.92 Å². The van der Waals surface area contributed by atoms with Crippen LogP contribution in [0, 0.1) is 12.7 Å². The van der Waals surface area contributed by atoms with Crippen LogP contribution in [0.25, 0.3) is 0 Å². The Labute approximate surface area is 225 Å². The molecule has 204 valence electrons. The number of aromatic nitrogens is 1. The summed E-state index contributed by atoms with van der Waals surface area (Å²) in [5, 5.41) is 11.2. The van der Waals surface area contributed by atoms with Gasteiger partial charge in [-0.1, -0.05) is 30.3 Å². The van der Waals surface area contributed by atoms with E-state index >= 15 is 0 Å². The summed E-state index contributed by atoms with van der Waals surface area (Å²) < 4.78 is 45.2. The number of halogens is 1. The van der Waals surface area contributed by atoms with Crippen LogP contribution < -0.4 is 9.46 Å². The van der Waals surface area contributed by atoms with Gasteiger partial charge in [0.25, 0.3) is 11.8 Å². The second-order valence-electron chi connectivity index (χ2n) is 8.49. The lowest BCUT2D eigenvalue weighted by Crippen LogP contribution is -2.36. The third-order valence-corrected chi connectivity index (χ3v) is 8.01. The van der Waals surface area contributed by atoms with E-state index in [2.05, 4.69) is 4.98 Å². The Morgan fingerprint density at radius 3 is 2.55 bits per heavy atom. The lowest BCUT2D eigenvalue weighted by Gasteiger charge is -2.25. The number of carbonyl (C=O) groups is 2. The monoisotopic (exact) mass is 563 g/mol. The van der Waals surface area contributed by atoms with Crippen molar-refractivity contribution in [3.8, 4) is 5.75 Å². The van der Waals surface area contributed by atoms with Crippen LogP contribution in [-0.2, 0) is 27.8 Å². The molecule has 3 rings (SSSR count). The molecular formula is C26H30FN3O6S2. The van der Waals surface area contributed by atoms with Gasteiger partial charge in [0, 0.05) is 23.1 Å². The molecule has 0 saturated carbocycles. The van der Waals surface area contributed by atoms with Crippen LogP contribution >= 0.6 is 11.3 Å². The normalized spacial score (nSPS) is 12.1. The summed E-state index contributed by atoms with van der Waals surface area (Å²) in [6.07, 6.45) is -0.548. The molecular weight excluding hydrogens is 533 g/mol. The number of ether oxygens (including phenoxy) is 1. The molecule has 1 heterocycles. The first-order valence-electron chi connectivity index (χ1n) is 11.9. The minimum Gasteiger partial charge on any atom is -0.497 e. The van der Waals surface area contributed by atoms with Crippen LogP contribution in [0.1, 0.15) is 50.9 Å². The van der Waals surface area contributed by atoms with Crippen molar-refractivity contribution in [2.75, 3.05) is 19.4 Å². The number of carbonyl (C=O) groups excluding carboxylic acids is 2. The predicted molar refractivity (Wildman–Crippen MR) is 142 cm³/mol. The van der Waals surface area contributed by atoms with E-state index in [0.717, 1.165) is 23.0 Å². The van der Waals surface area contributed by atoms with E-state index < -0.39 is 33.8 Å². The van der Waals surface area contributed by atoms with Crippen molar-refractivity contribution in [3.63, 3.8) is 0 Å². The van der Waals surface area contributed by atoms with Crippen molar-refractivity contribution in [2.24, 2.45) is 0 Å². The van der Waals surface area contributed by atoms with Crippen LogP contribution in [0.5, 0.6) is 5.75 Å². The number of benzene rings is 2. The first-order chi connectivity index (χ1) is 18.0. The highest BCUT2D eigenvalue weighted by Gasteiger charge is 2.28. The van der Waals surface area contributed by atoms with Crippen molar-refractivity contribution >= 4 is 33.2 Å². The number of methoxy groups -OCH3 is 1. The molecule has 0 radical (unpaired) electrons. The van der Waals surface area contributed by atoms with Gasteiger partial charge in [-0.05, 0) is 44.4 Å². The first-order valence-corrected chi connectivity index (χ1v) is 14.4. The SMILES string of the molecule is CCS(=O)(=O)NC(=O)c1nc(CN(CCCc2ccccc2)C(=O)[C@H](O)c2ccc(OC)cc2F)sc1C. The average Bonchev–Trinajstić information content (AvgIpc) is 3.27. The zero-order valence-electron chi connectivity index (χ0n) is 21.3. The van der Waals surface area contributed by atoms with Gasteiger partial charge < -0.3 is 14.7 Å². The van der Waals surface area contributed by atoms with Crippen molar-refractivity contribution < 1.29 is 32.2 Å². The number of aliphatic hydroxyl groups is 1. The molecule has 1 atom stereocenters. The molecule has 3 aromatic rings. The lowest BCUT2D eigenvalue weighted by atomic mass is 10.1. The molecule has 0 aliphatic carbocycles. The van der Waals surface area contributed by atoms with Gasteiger partial charge in [0.1, 0.15) is 22.3 Å². The van der Waals surface area contributed by atoms with E-state index in [-0.39, 0.29) is 35.8 Å². The molecule has 9 nitrogen and oxygen atoms in total. The maximum atomic E-state index is 14.6. The molecule has 0 fully saturated rings. The van der Waals surface area contributed by atoms with Crippen LogP contribution in [0.4, 0.5) is 4.39 Å². The zero-order valence-corrected chi connectivity index (χ0v) is 22.9. The van der Waals surface area contributed by atoms with Crippen LogP contribution in [0.15, 0.2) is 48.5 Å². The standard InChI is InChI=1S/C26H30FN3O6S2/c1-4-38(34,35)29-25(32)23-17(2)37-22(28-23)16-30(14-8-11-18-9-6-5-7-10-18)26(33)24(31)20-13-12-19(36-3)15-21(20)27/h5-7,9-10,12-13,15,24,31H,4,8,11,14,16H2,1-3H3,(H,29,32)/t24-/m1/s1. The molecule has 12 heteroatoms. The van der Waals surface area contributed by atoms with Crippen molar-refractivity contribution in [2.45, 2.75) is 39.3 Å². The molecule has 1 aromatic heterocycles. The maximum absolute atomic E-state index is 14.6. The molecule has 0 saturated heterocycles. The van der Waals surface area contributed by atoms with Gasteiger partial charge in [-0.3, -0.25) is 9.59 Å². The molecule has 2 N–H and O–H groups in total. The Bertz CT molecular complexity index is 1380. The summed E-state index contributed by atoms with van der Waals surface area (Å²) in [6.45, 7) is 3.21. The predicted octanol–water partition coefficient (Wildman–Crippen LogP) is 3.37. The highest BCUT2D eigenvalue weighted by atomic mass is 32.2. The smallest absolute Gasteiger partial charge is 0.284 e. The number of sulfonamides is 1. The van der Waals surface area contributed by atoms with E-state index in [9.17, 15) is 27.5 Å². The fourth-order valence-corrected chi connectivity index (χ4v) is 5.17. The van der Waals surface area contributed by atoms with Gasteiger partial charge in [0.15, 0.2) is 6.10 Å². The number of aliphatic hydroxyl groups excluding tert-OH is 1. The zero-order chi connectivity index (χ0) is 27.9. The summed E-state index contributed by atoms with van der Waals surface area (Å²) in [7, 11) is -2.40. The Balaban J connectivity index is 1.83. The van der Waals surface area contributed by atoms with E-state index in [0.29, 0.717) is 22.7 Å². The lowest BCUT2D eigenvalue weighted by molar-refractivity contribution is -0.141. The third kappa shape index (κ3) is 7.59. The van der Waals surface area contributed by atoms with Gasteiger partial charge in [0.2, 0.25) is 10.0 Å². The molecule has 0 bridgehead atoms. The van der Waals surface area contributed by atoms with Crippen LogP contribution in [0.2, 0.25) is 0 Å². The number of aryl methyl sites for hydroxylation is 2. The summed E-state index contributed by atoms with van der Waals surface area (Å²) in [5.74, 6) is -2.38. The van der Waals surface area contributed by atoms with Crippen LogP contribution in [-0.4, -0.2) is 54.6 Å². The van der Waals surface area contributed by atoms with E-state index in [4.69, 9.17) is 4.74 Å². The fourth-order valence-electron chi connectivity index (χ4n) is 3.70. The third-order valence-electron chi connectivity index (χ3n) is 5.79. The van der Waals surface area contributed by atoms with Gasteiger partial charge in [-0.25, -0.2) is 22.5 Å². The Morgan fingerprint density at radius 1 is 1.21 bits per heavy atom. The fraction of sp³-hybridized carbons (Fsp3) is 0.346. The first kappa shape index (κ1) is 29.2.